The highest BCUT2D eigenvalue weighted by atomic mass is 16.4. The van der Waals surface area contributed by atoms with Gasteiger partial charge < -0.3 is 15.7 Å². The Morgan fingerprint density at radius 3 is 2.47 bits per heavy atom. The van der Waals surface area contributed by atoms with E-state index < -0.39 is 23.0 Å². The monoisotopic (exact) mass is 269 g/mol. The van der Waals surface area contributed by atoms with Crippen molar-refractivity contribution in [1.29, 1.82) is 0 Å². The van der Waals surface area contributed by atoms with Gasteiger partial charge in [0.2, 0.25) is 0 Å². The standard InChI is InChI=1S/C11H19N5O3/c1-10(2,8(17)18)11(3,4)15-9(19)12-5-7-13-6-14-16-7/h6H,5H2,1-4H3,(H,17,18)(H2,12,15,19)(H,13,14,16). The van der Waals surface area contributed by atoms with E-state index in [2.05, 4.69) is 25.8 Å². The number of aromatic amines is 1. The lowest BCUT2D eigenvalue weighted by molar-refractivity contribution is -0.150. The van der Waals surface area contributed by atoms with E-state index in [0.29, 0.717) is 5.82 Å². The summed E-state index contributed by atoms with van der Waals surface area (Å²) in [5.74, 6) is -0.460. The number of carboxylic acids is 1. The van der Waals surface area contributed by atoms with Crippen molar-refractivity contribution < 1.29 is 14.7 Å². The van der Waals surface area contributed by atoms with Gasteiger partial charge in [-0.25, -0.2) is 9.78 Å². The normalized spacial score (nSPS) is 12.0. The predicted molar refractivity (Wildman–Crippen MR) is 67.2 cm³/mol. The van der Waals surface area contributed by atoms with E-state index >= 15 is 0 Å². The van der Waals surface area contributed by atoms with Crippen LogP contribution in [0.1, 0.15) is 33.5 Å². The van der Waals surface area contributed by atoms with Gasteiger partial charge in [-0.3, -0.25) is 9.89 Å². The number of hydrogen-bond acceptors (Lipinski definition) is 4. The summed E-state index contributed by atoms with van der Waals surface area (Å²) in [6.45, 7) is 6.64. The van der Waals surface area contributed by atoms with Gasteiger partial charge in [-0.2, -0.15) is 5.10 Å². The van der Waals surface area contributed by atoms with E-state index in [1.165, 1.54) is 6.33 Å². The minimum Gasteiger partial charge on any atom is -0.481 e. The van der Waals surface area contributed by atoms with Crippen LogP contribution in [-0.4, -0.2) is 37.8 Å². The highest BCUT2D eigenvalue weighted by molar-refractivity contribution is 5.79. The molecule has 0 atom stereocenters. The van der Waals surface area contributed by atoms with Crippen LogP contribution in [0.2, 0.25) is 0 Å². The molecule has 1 heterocycles. The molecule has 0 aliphatic carbocycles. The Morgan fingerprint density at radius 1 is 1.37 bits per heavy atom. The van der Waals surface area contributed by atoms with Crippen LogP contribution in [0.25, 0.3) is 0 Å². The summed E-state index contributed by atoms with van der Waals surface area (Å²) in [5.41, 5.74) is -2.01. The summed E-state index contributed by atoms with van der Waals surface area (Å²) in [7, 11) is 0. The second-order valence-electron chi connectivity index (χ2n) is 5.29. The van der Waals surface area contributed by atoms with Gasteiger partial charge in [-0.1, -0.05) is 0 Å². The molecular weight excluding hydrogens is 250 g/mol. The first-order valence-corrected chi connectivity index (χ1v) is 5.80. The zero-order valence-electron chi connectivity index (χ0n) is 11.4. The van der Waals surface area contributed by atoms with Crippen molar-refractivity contribution in [2.45, 2.75) is 39.8 Å². The lowest BCUT2D eigenvalue weighted by Gasteiger charge is -2.38. The third-order valence-corrected chi connectivity index (χ3v) is 3.40. The summed E-state index contributed by atoms with van der Waals surface area (Å²) in [4.78, 5) is 26.8. The van der Waals surface area contributed by atoms with Crippen molar-refractivity contribution in [3.63, 3.8) is 0 Å². The SMILES string of the molecule is CC(C)(NC(=O)NCc1ncn[nH]1)C(C)(C)C(=O)O. The average Bonchev–Trinajstić information content (AvgIpc) is 2.78. The summed E-state index contributed by atoms with van der Waals surface area (Å²) in [6.07, 6.45) is 1.34. The first-order valence-electron chi connectivity index (χ1n) is 5.80. The molecule has 1 aromatic rings. The molecule has 19 heavy (non-hydrogen) atoms. The molecule has 8 nitrogen and oxygen atoms in total. The fourth-order valence-electron chi connectivity index (χ4n) is 1.23. The van der Waals surface area contributed by atoms with Gasteiger partial charge in [0.25, 0.3) is 0 Å². The Hall–Kier alpha value is -2.12. The smallest absolute Gasteiger partial charge is 0.315 e. The molecule has 0 saturated carbocycles. The van der Waals surface area contributed by atoms with Crippen LogP contribution in [0.4, 0.5) is 4.79 Å². The van der Waals surface area contributed by atoms with E-state index in [0.717, 1.165) is 0 Å². The molecule has 0 spiro atoms. The highest BCUT2D eigenvalue weighted by Gasteiger charge is 2.44. The van der Waals surface area contributed by atoms with Gasteiger partial charge in [0, 0.05) is 0 Å². The molecule has 8 heteroatoms. The number of nitrogens with zero attached hydrogens (tertiary/aromatic N) is 2. The number of nitrogens with one attached hydrogen (secondary N) is 3. The molecule has 1 aromatic heterocycles. The maximum atomic E-state index is 11.7. The van der Waals surface area contributed by atoms with Crippen molar-refractivity contribution in [2.75, 3.05) is 0 Å². The van der Waals surface area contributed by atoms with Crippen molar-refractivity contribution in [3.8, 4) is 0 Å². The molecular formula is C11H19N5O3. The molecule has 0 radical (unpaired) electrons. The van der Waals surface area contributed by atoms with Crippen LogP contribution in [0.5, 0.6) is 0 Å². The molecule has 106 valence electrons. The molecule has 0 saturated heterocycles. The zero-order valence-corrected chi connectivity index (χ0v) is 11.4. The molecule has 2 amide bonds. The summed E-state index contributed by atoms with van der Waals surface area (Å²) in [5, 5.41) is 20.7. The average molecular weight is 269 g/mol. The maximum absolute atomic E-state index is 11.7. The van der Waals surface area contributed by atoms with Gasteiger partial charge in [-0.05, 0) is 27.7 Å². The molecule has 0 aliphatic heterocycles. The number of hydrogen-bond donors (Lipinski definition) is 4. The Morgan fingerprint density at radius 2 is 2.00 bits per heavy atom. The maximum Gasteiger partial charge on any atom is 0.315 e. The Kier molecular flexibility index (Phi) is 4.13. The van der Waals surface area contributed by atoms with Crippen molar-refractivity contribution in [2.24, 2.45) is 5.41 Å². The second kappa shape index (κ2) is 5.25. The number of carbonyl (C=O) groups is 2. The molecule has 0 bridgehead atoms. The molecule has 0 aromatic carbocycles. The van der Waals surface area contributed by atoms with Gasteiger partial charge in [0.1, 0.15) is 12.2 Å². The number of rotatable bonds is 5. The lowest BCUT2D eigenvalue weighted by atomic mass is 9.74. The Balaban J connectivity index is 2.58. The van der Waals surface area contributed by atoms with Gasteiger partial charge in [0.15, 0.2) is 0 Å². The van der Waals surface area contributed by atoms with Crippen LogP contribution >= 0.6 is 0 Å². The van der Waals surface area contributed by atoms with Crippen LogP contribution in [0, 0.1) is 5.41 Å². The molecule has 0 aliphatic rings. The van der Waals surface area contributed by atoms with E-state index in [-0.39, 0.29) is 6.54 Å². The van der Waals surface area contributed by atoms with Crippen molar-refractivity contribution in [3.05, 3.63) is 12.2 Å². The Bertz CT molecular complexity index is 453. The number of urea groups is 1. The van der Waals surface area contributed by atoms with Gasteiger partial charge in [-0.15, -0.1) is 0 Å². The first kappa shape index (κ1) is 14.9. The fourth-order valence-corrected chi connectivity index (χ4v) is 1.23. The number of carboxylic acid groups (broad SMARTS) is 1. The van der Waals surface area contributed by atoms with Crippen molar-refractivity contribution in [1.82, 2.24) is 25.8 Å². The molecule has 1 rings (SSSR count). The summed E-state index contributed by atoms with van der Waals surface area (Å²) in [6, 6.07) is -0.462. The number of aliphatic carboxylic acids is 1. The molecule has 0 fully saturated rings. The quantitative estimate of drug-likeness (QED) is 0.620. The number of aromatic nitrogens is 3. The van der Waals surface area contributed by atoms with Gasteiger partial charge in [0.05, 0.1) is 17.5 Å². The topological polar surface area (TPSA) is 120 Å². The van der Waals surface area contributed by atoms with E-state index in [4.69, 9.17) is 0 Å². The fraction of sp³-hybridized carbons (Fsp3) is 0.636. The number of carbonyl (C=O) groups excluding carboxylic acids is 1. The number of H-pyrrole nitrogens is 1. The lowest BCUT2D eigenvalue weighted by Crippen LogP contribution is -2.58. The highest BCUT2D eigenvalue weighted by Crippen LogP contribution is 2.30. The van der Waals surface area contributed by atoms with E-state index in [9.17, 15) is 14.7 Å². The van der Waals surface area contributed by atoms with Crippen LogP contribution < -0.4 is 10.6 Å². The number of amides is 2. The predicted octanol–water partition coefficient (Wildman–Crippen LogP) is 0.493. The third kappa shape index (κ3) is 3.43. The second-order valence-corrected chi connectivity index (χ2v) is 5.29. The largest absolute Gasteiger partial charge is 0.481 e. The summed E-state index contributed by atoms with van der Waals surface area (Å²) >= 11 is 0. The van der Waals surface area contributed by atoms with E-state index in [1.54, 1.807) is 27.7 Å². The van der Waals surface area contributed by atoms with E-state index in [1.807, 2.05) is 0 Å². The minimum atomic E-state index is -1.10. The first-order chi connectivity index (χ1) is 8.67. The Labute approximate surface area is 111 Å². The van der Waals surface area contributed by atoms with Crippen molar-refractivity contribution >= 4 is 12.0 Å². The zero-order chi connectivity index (χ0) is 14.7. The minimum absolute atomic E-state index is 0.190. The van der Waals surface area contributed by atoms with Gasteiger partial charge >= 0.3 is 12.0 Å². The molecule has 0 unspecified atom stereocenters. The summed E-state index contributed by atoms with van der Waals surface area (Å²) < 4.78 is 0. The van der Waals surface area contributed by atoms with Crippen LogP contribution in [0.3, 0.4) is 0 Å². The molecule has 4 N–H and O–H groups in total. The van der Waals surface area contributed by atoms with Crippen LogP contribution in [-0.2, 0) is 11.3 Å². The third-order valence-electron chi connectivity index (χ3n) is 3.40. The van der Waals surface area contributed by atoms with Crippen LogP contribution in [0.15, 0.2) is 6.33 Å².